The number of nitrogens with one attached hydrogen (secondary N) is 1. The lowest BCUT2D eigenvalue weighted by Gasteiger charge is -2.33. The Balaban J connectivity index is 0.00000176. The van der Waals surface area contributed by atoms with Crippen molar-refractivity contribution >= 4 is 18.3 Å². The zero-order valence-corrected chi connectivity index (χ0v) is 13.6. The average molecular weight is 327 g/mol. The lowest BCUT2D eigenvalue weighted by molar-refractivity contribution is -0.136. The van der Waals surface area contributed by atoms with E-state index in [2.05, 4.69) is 5.32 Å². The maximum Gasteiger partial charge on any atom is 0.227 e. The molecule has 0 radical (unpaired) electrons. The highest BCUT2D eigenvalue weighted by atomic mass is 35.5. The Morgan fingerprint density at radius 2 is 2.05 bits per heavy atom. The molecule has 0 aromatic heterocycles. The Bertz CT molecular complexity index is 497. The minimum Gasteiger partial charge on any atom is -0.342 e. The molecular weight excluding hydrogens is 303 g/mol. The molecule has 0 bridgehead atoms. The van der Waals surface area contributed by atoms with Crippen molar-refractivity contribution in [2.45, 2.75) is 25.7 Å². The summed E-state index contributed by atoms with van der Waals surface area (Å²) in [5, 5.41) is 3.26. The molecule has 2 heterocycles. The van der Waals surface area contributed by atoms with Crippen molar-refractivity contribution < 1.29 is 9.18 Å². The predicted molar refractivity (Wildman–Crippen MR) is 87.6 cm³/mol. The molecule has 122 valence electrons. The van der Waals surface area contributed by atoms with Crippen LogP contribution in [0.1, 0.15) is 24.8 Å². The van der Waals surface area contributed by atoms with Crippen molar-refractivity contribution in [3.05, 3.63) is 35.6 Å². The van der Waals surface area contributed by atoms with Crippen LogP contribution in [0, 0.1) is 17.7 Å². The van der Waals surface area contributed by atoms with Crippen molar-refractivity contribution in [1.29, 1.82) is 0 Å². The summed E-state index contributed by atoms with van der Waals surface area (Å²) in [5.74, 6) is 0.917. The molecule has 22 heavy (non-hydrogen) atoms. The van der Waals surface area contributed by atoms with Crippen LogP contribution < -0.4 is 5.32 Å². The normalized spacial score (nSPS) is 22.4. The first kappa shape index (κ1) is 17.2. The van der Waals surface area contributed by atoms with Crippen LogP contribution >= 0.6 is 12.4 Å². The SMILES string of the molecule is Cl.O=C(C1CCNC1)N1CCC(Cc2cccc(F)c2)CC1. The number of halogens is 2. The fraction of sp³-hybridized carbons (Fsp3) is 0.588. The zero-order valence-electron chi connectivity index (χ0n) is 12.8. The van der Waals surface area contributed by atoms with E-state index >= 15 is 0 Å². The lowest BCUT2D eigenvalue weighted by Crippen LogP contribution is -2.42. The molecule has 0 saturated carbocycles. The summed E-state index contributed by atoms with van der Waals surface area (Å²) in [6.07, 6.45) is 3.96. The van der Waals surface area contributed by atoms with E-state index in [1.807, 2.05) is 11.0 Å². The van der Waals surface area contributed by atoms with Gasteiger partial charge in [0.15, 0.2) is 0 Å². The van der Waals surface area contributed by atoms with Gasteiger partial charge in [0.1, 0.15) is 5.82 Å². The minimum atomic E-state index is -0.158. The first-order chi connectivity index (χ1) is 10.2. The highest BCUT2D eigenvalue weighted by Gasteiger charge is 2.29. The van der Waals surface area contributed by atoms with Gasteiger partial charge in [-0.2, -0.15) is 0 Å². The number of likely N-dealkylation sites (tertiary alicyclic amines) is 1. The van der Waals surface area contributed by atoms with Crippen LogP contribution in [0.25, 0.3) is 0 Å². The van der Waals surface area contributed by atoms with E-state index in [0.717, 1.165) is 57.4 Å². The van der Waals surface area contributed by atoms with E-state index in [-0.39, 0.29) is 24.1 Å². The Hall–Kier alpha value is -1.13. The van der Waals surface area contributed by atoms with E-state index < -0.39 is 0 Å². The molecule has 1 aromatic carbocycles. The van der Waals surface area contributed by atoms with Gasteiger partial charge in [-0.25, -0.2) is 4.39 Å². The highest BCUT2D eigenvalue weighted by Crippen LogP contribution is 2.24. The maximum absolute atomic E-state index is 13.2. The molecule has 1 aromatic rings. The fourth-order valence-electron chi connectivity index (χ4n) is 3.48. The molecule has 3 nitrogen and oxygen atoms in total. The maximum atomic E-state index is 13.2. The van der Waals surface area contributed by atoms with Gasteiger partial charge in [0.25, 0.3) is 0 Å². The molecule has 0 aliphatic carbocycles. The Morgan fingerprint density at radius 3 is 2.68 bits per heavy atom. The number of hydrogen-bond donors (Lipinski definition) is 1. The lowest BCUT2D eigenvalue weighted by atomic mass is 9.89. The van der Waals surface area contributed by atoms with Gasteiger partial charge in [-0.3, -0.25) is 4.79 Å². The van der Waals surface area contributed by atoms with Crippen LogP contribution in [0.4, 0.5) is 4.39 Å². The molecule has 1 amide bonds. The van der Waals surface area contributed by atoms with Gasteiger partial charge in [0.2, 0.25) is 5.91 Å². The molecule has 2 saturated heterocycles. The van der Waals surface area contributed by atoms with Crippen molar-refractivity contribution in [3.8, 4) is 0 Å². The van der Waals surface area contributed by atoms with Crippen LogP contribution in [0.2, 0.25) is 0 Å². The van der Waals surface area contributed by atoms with Gasteiger partial charge >= 0.3 is 0 Å². The zero-order chi connectivity index (χ0) is 14.7. The summed E-state index contributed by atoms with van der Waals surface area (Å²) in [6, 6.07) is 6.88. The molecule has 1 unspecified atom stereocenters. The first-order valence-electron chi connectivity index (χ1n) is 7.96. The average Bonchev–Trinajstić information content (AvgIpc) is 3.01. The van der Waals surface area contributed by atoms with E-state index in [1.165, 1.54) is 6.07 Å². The van der Waals surface area contributed by atoms with Crippen LogP contribution in [0.15, 0.2) is 24.3 Å². The third-order valence-corrected chi connectivity index (χ3v) is 4.75. The summed E-state index contributed by atoms with van der Waals surface area (Å²) in [7, 11) is 0. The van der Waals surface area contributed by atoms with Crippen LogP contribution in [-0.2, 0) is 11.2 Å². The summed E-state index contributed by atoms with van der Waals surface area (Å²) in [5.41, 5.74) is 1.07. The fourth-order valence-corrected chi connectivity index (χ4v) is 3.48. The quantitative estimate of drug-likeness (QED) is 0.926. The van der Waals surface area contributed by atoms with Crippen LogP contribution in [0.3, 0.4) is 0 Å². The van der Waals surface area contributed by atoms with Crippen LogP contribution in [-0.4, -0.2) is 37.0 Å². The second kappa shape index (κ2) is 7.93. The molecule has 3 rings (SSSR count). The third kappa shape index (κ3) is 4.20. The van der Waals surface area contributed by atoms with E-state index in [4.69, 9.17) is 0 Å². The van der Waals surface area contributed by atoms with Gasteiger partial charge in [-0.15, -0.1) is 12.4 Å². The van der Waals surface area contributed by atoms with Gasteiger partial charge in [0, 0.05) is 19.6 Å². The molecule has 1 N–H and O–H groups in total. The number of nitrogens with zero attached hydrogens (tertiary/aromatic N) is 1. The second-order valence-electron chi connectivity index (χ2n) is 6.29. The summed E-state index contributed by atoms with van der Waals surface area (Å²) >= 11 is 0. The van der Waals surface area contributed by atoms with E-state index in [1.54, 1.807) is 12.1 Å². The molecule has 2 aliphatic heterocycles. The van der Waals surface area contributed by atoms with Gasteiger partial charge in [-0.1, -0.05) is 12.1 Å². The smallest absolute Gasteiger partial charge is 0.227 e. The number of piperidine rings is 1. The molecule has 0 spiro atoms. The predicted octanol–water partition coefficient (Wildman–Crippen LogP) is 2.64. The Morgan fingerprint density at radius 1 is 1.27 bits per heavy atom. The van der Waals surface area contributed by atoms with E-state index in [9.17, 15) is 9.18 Å². The molecule has 2 aliphatic rings. The van der Waals surface area contributed by atoms with Crippen LogP contribution in [0.5, 0.6) is 0 Å². The van der Waals surface area contributed by atoms with Crippen molar-refractivity contribution in [2.75, 3.05) is 26.2 Å². The minimum absolute atomic E-state index is 0. The summed E-state index contributed by atoms with van der Waals surface area (Å²) in [6.45, 7) is 3.51. The second-order valence-corrected chi connectivity index (χ2v) is 6.29. The highest BCUT2D eigenvalue weighted by molar-refractivity contribution is 5.85. The molecule has 2 fully saturated rings. The Labute approximate surface area is 137 Å². The van der Waals surface area contributed by atoms with Gasteiger partial charge in [0.05, 0.1) is 5.92 Å². The summed E-state index contributed by atoms with van der Waals surface area (Å²) < 4.78 is 13.2. The van der Waals surface area contributed by atoms with Crippen molar-refractivity contribution in [1.82, 2.24) is 10.2 Å². The van der Waals surface area contributed by atoms with Crippen molar-refractivity contribution in [3.63, 3.8) is 0 Å². The molecule has 5 heteroatoms. The number of benzene rings is 1. The number of carbonyl (C=O) groups is 1. The van der Waals surface area contributed by atoms with Crippen molar-refractivity contribution in [2.24, 2.45) is 11.8 Å². The Kier molecular flexibility index (Phi) is 6.21. The topological polar surface area (TPSA) is 32.3 Å². The monoisotopic (exact) mass is 326 g/mol. The summed E-state index contributed by atoms with van der Waals surface area (Å²) in [4.78, 5) is 14.4. The first-order valence-corrected chi connectivity index (χ1v) is 7.96. The van der Waals surface area contributed by atoms with Gasteiger partial charge in [-0.05, 0) is 55.8 Å². The number of hydrogen-bond acceptors (Lipinski definition) is 2. The molecular formula is C17H24ClFN2O. The largest absolute Gasteiger partial charge is 0.342 e. The van der Waals surface area contributed by atoms with E-state index in [0.29, 0.717) is 11.8 Å². The number of carbonyl (C=O) groups excluding carboxylic acids is 1. The number of amides is 1. The molecule has 1 atom stereocenters. The number of rotatable bonds is 3. The third-order valence-electron chi connectivity index (χ3n) is 4.75. The van der Waals surface area contributed by atoms with Gasteiger partial charge < -0.3 is 10.2 Å². The standard InChI is InChI=1S/C17H23FN2O.ClH/c18-16-3-1-2-14(11-16)10-13-5-8-20(9-6-13)17(21)15-4-7-19-12-15;/h1-3,11,13,15,19H,4-10,12H2;1H.